The highest BCUT2D eigenvalue weighted by Crippen LogP contribution is 2.20. The van der Waals surface area contributed by atoms with Crippen molar-refractivity contribution < 1.29 is 4.79 Å². The van der Waals surface area contributed by atoms with Gasteiger partial charge in [-0.15, -0.1) is 11.8 Å². The lowest BCUT2D eigenvalue weighted by Gasteiger charge is -1.90. The zero-order valence-electron chi connectivity index (χ0n) is 5.66. The third kappa shape index (κ3) is 2.54. The van der Waals surface area contributed by atoms with E-state index in [-0.39, 0.29) is 5.78 Å². The molecule has 0 amide bonds. The fraction of sp³-hybridized carbons (Fsp3) is 0.286. The summed E-state index contributed by atoms with van der Waals surface area (Å²) in [5.74, 6) is 0.827. The van der Waals surface area contributed by atoms with Crippen molar-refractivity contribution in [2.45, 2.75) is 11.8 Å². The molecule has 0 aliphatic carbocycles. The Morgan fingerprint density at radius 3 is 3.10 bits per heavy atom. The predicted octanol–water partition coefficient (Wildman–Crippen LogP) is 2.43. The van der Waals surface area contributed by atoms with Crippen LogP contribution in [0.25, 0.3) is 0 Å². The second-order valence-electron chi connectivity index (χ2n) is 1.95. The molecule has 10 heavy (non-hydrogen) atoms. The summed E-state index contributed by atoms with van der Waals surface area (Å²) in [5, 5.41) is 4.07. The summed E-state index contributed by atoms with van der Waals surface area (Å²) >= 11 is 3.26. The topological polar surface area (TPSA) is 17.1 Å². The van der Waals surface area contributed by atoms with Crippen molar-refractivity contribution in [1.29, 1.82) is 0 Å². The largest absolute Gasteiger partial charge is 0.299 e. The van der Waals surface area contributed by atoms with Crippen LogP contribution in [-0.4, -0.2) is 11.5 Å². The molecular formula is C7H8OS2. The van der Waals surface area contributed by atoms with Gasteiger partial charge in [-0.05, 0) is 18.4 Å². The molecule has 1 aromatic rings. The van der Waals surface area contributed by atoms with E-state index in [1.54, 1.807) is 30.0 Å². The first kappa shape index (κ1) is 7.82. The van der Waals surface area contributed by atoms with E-state index in [0.717, 1.165) is 0 Å². The van der Waals surface area contributed by atoms with Crippen molar-refractivity contribution >= 4 is 28.9 Å². The molecule has 0 spiro atoms. The third-order valence-corrected chi connectivity index (χ3v) is 2.91. The number of ketones is 1. The number of hydrogen-bond donors (Lipinski definition) is 0. The Morgan fingerprint density at radius 2 is 2.60 bits per heavy atom. The van der Waals surface area contributed by atoms with Gasteiger partial charge in [-0.2, -0.15) is 11.3 Å². The molecular weight excluding hydrogens is 164 g/mol. The normalized spacial score (nSPS) is 9.70. The van der Waals surface area contributed by atoms with E-state index in [1.807, 2.05) is 16.8 Å². The van der Waals surface area contributed by atoms with Gasteiger partial charge in [0.2, 0.25) is 0 Å². The molecule has 0 saturated carbocycles. The van der Waals surface area contributed by atoms with Gasteiger partial charge in [-0.3, -0.25) is 4.79 Å². The summed E-state index contributed by atoms with van der Waals surface area (Å²) in [5.41, 5.74) is 0. The van der Waals surface area contributed by atoms with Crippen LogP contribution in [0.3, 0.4) is 0 Å². The molecule has 1 rings (SSSR count). The van der Waals surface area contributed by atoms with Crippen LogP contribution in [-0.2, 0) is 4.79 Å². The third-order valence-electron chi connectivity index (χ3n) is 0.937. The molecule has 0 unspecified atom stereocenters. The van der Waals surface area contributed by atoms with Crippen LogP contribution in [0, 0.1) is 0 Å². The number of hydrogen-bond acceptors (Lipinski definition) is 3. The average Bonchev–Trinajstić information content (AvgIpc) is 2.34. The van der Waals surface area contributed by atoms with E-state index >= 15 is 0 Å². The Labute approximate surface area is 68.5 Å². The van der Waals surface area contributed by atoms with E-state index < -0.39 is 0 Å². The van der Waals surface area contributed by atoms with E-state index in [1.165, 1.54) is 4.90 Å². The minimum absolute atomic E-state index is 0.233. The van der Waals surface area contributed by atoms with E-state index in [4.69, 9.17) is 0 Å². The van der Waals surface area contributed by atoms with Crippen molar-refractivity contribution in [3.8, 4) is 0 Å². The van der Waals surface area contributed by atoms with E-state index in [2.05, 4.69) is 0 Å². The summed E-state index contributed by atoms with van der Waals surface area (Å²) < 4.78 is 0. The number of carbonyl (C=O) groups is 1. The Hall–Kier alpha value is -0.280. The minimum Gasteiger partial charge on any atom is -0.299 e. The van der Waals surface area contributed by atoms with Crippen LogP contribution in [0.2, 0.25) is 0 Å². The number of thioether (sulfide) groups is 1. The lowest BCUT2D eigenvalue weighted by Crippen LogP contribution is -1.91. The molecule has 0 N–H and O–H groups in total. The van der Waals surface area contributed by atoms with E-state index in [9.17, 15) is 4.79 Å². The van der Waals surface area contributed by atoms with Gasteiger partial charge in [0.25, 0.3) is 0 Å². The number of Topliss-reactive ketones (excluding diaryl/α,β-unsaturated/α-hetero) is 1. The molecule has 54 valence electrons. The Balaban J connectivity index is 2.35. The van der Waals surface area contributed by atoms with Gasteiger partial charge in [-0.25, -0.2) is 0 Å². The fourth-order valence-electron chi connectivity index (χ4n) is 0.519. The molecule has 0 aliphatic rings. The zero-order valence-corrected chi connectivity index (χ0v) is 7.30. The van der Waals surface area contributed by atoms with Crippen LogP contribution in [0.15, 0.2) is 21.7 Å². The van der Waals surface area contributed by atoms with Gasteiger partial charge in [0.15, 0.2) is 0 Å². The van der Waals surface area contributed by atoms with Gasteiger partial charge in [0.1, 0.15) is 5.78 Å². The first-order chi connectivity index (χ1) is 4.79. The highest BCUT2D eigenvalue weighted by atomic mass is 32.2. The molecule has 0 radical (unpaired) electrons. The van der Waals surface area contributed by atoms with Crippen molar-refractivity contribution in [3.05, 3.63) is 16.8 Å². The number of rotatable bonds is 3. The maximum Gasteiger partial charge on any atom is 0.140 e. The average molecular weight is 172 g/mol. The highest BCUT2D eigenvalue weighted by Gasteiger charge is 1.95. The molecule has 0 bridgehead atoms. The maximum absolute atomic E-state index is 10.5. The summed E-state index contributed by atoms with van der Waals surface area (Å²) in [6.45, 7) is 1.61. The van der Waals surface area contributed by atoms with Crippen LogP contribution in [0.4, 0.5) is 0 Å². The van der Waals surface area contributed by atoms with Crippen molar-refractivity contribution in [2.24, 2.45) is 0 Å². The number of thiophene rings is 1. The van der Waals surface area contributed by atoms with Gasteiger partial charge < -0.3 is 0 Å². The zero-order chi connectivity index (χ0) is 7.40. The molecule has 1 aromatic heterocycles. The smallest absolute Gasteiger partial charge is 0.140 e. The quantitative estimate of drug-likeness (QED) is 0.651. The molecule has 0 aliphatic heterocycles. The van der Waals surface area contributed by atoms with Crippen molar-refractivity contribution in [3.63, 3.8) is 0 Å². The Morgan fingerprint density at radius 1 is 1.80 bits per heavy atom. The van der Waals surface area contributed by atoms with Crippen molar-refractivity contribution in [2.75, 3.05) is 5.75 Å². The predicted molar refractivity (Wildman–Crippen MR) is 45.7 cm³/mol. The number of carbonyl (C=O) groups excluding carboxylic acids is 1. The molecule has 3 heteroatoms. The molecule has 0 saturated heterocycles. The van der Waals surface area contributed by atoms with Gasteiger partial charge >= 0.3 is 0 Å². The second-order valence-corrected chi connectivity index (χ2v) is 3.78. The van der Waals surface area contributed by atoms with Crippen molar-refractivity contribution in [1.82, 2.24) is 0 Å². The van der Waals surface area contributed by atoms with Gasteiger partial charge in [0.05, 0.1) is 5.75 Å². The summed E-state index contributed by atoms with van der Waals surface area (Å²) in [7, 11) is 0. The first-order valence-electron chi connectivity index (χ1n) is 2.93. The molecule has 0 atom stereocenters. The molecule has 1 nitrogen and oxygen atoms in total. The highest BCUT2D eigenvalue weighted by molar-refractivity contribution is 8.00. The summed E-state index contributed by atoms with van der Waals surface area (Å²) in [6.07, 6.45) is 0. The van der Waals surface area contributed by atoms with Crippen LogP contribution < -0.4 is 0 Å². The van der Waals surface area contributed by atoms with Gasteiger partial charge in [-0.1, -0.05) is 0 Å². The standard InChI is InChI=1S/C7H8OS2/c1-6(8)4-10-7-2-3-9-5-7/h2-3,5H,4H2,1H3. The van der Waals surface area contributed by atoms with E-state index in [0.29, 0.717) is 5.75 Å². The minimum atomic E-state index is 0.233. The van der Waals surface area contributed by atoms with Crippen LogP contribution >= 0.6 is 23.1 Å². The first-order valence-corrected chi connectivity index (χ1v) is 4.86. The van der Waals surface area contributed by atoms with Gasteiger partial charge in [0, 0.05) is 10.3 Å². The Bertz CT molecular complexity index is 203. The Kier molecular flexibility index (Phi) is 2.96. The van der Waals surface area contributed by atoms with Crippen LogP contribution in [0.1, 0.15) is 6.92 Å². The second kappa shape index (κ2) is 3.78. The van der Waals surface area contributed by atoms with Crippen LogP contribution in [0.5, 0.6) is 0 Å². The summed E-state index contributed by atoms with van der Waals surface area (Å²) in [4.78, 5) is 11.7. The summed E-state index contributed by atoms with van der Waals surface area (Å²) in [6, 6.07) is 2.03. The monoisotopic (exact) mass is 172 g/mol. The SMILES string of the molecule is CC(=O)CSc1ccsc1. The molecule has 0 fully saturated rings. The fourth-order valence-corrected chi connectivity index (χ4v) is 2.09. The lowest BCUT2D eigenvalue weighted by atomic mass is 10.5. The molecule has 0 aromatic carbocycles. The molecule has 1 heterocycles. The lowest BCUT2D eigenvalue weighted by molar-refractivity contribution is -0.114. The maximum atomic E-state index is 10.5.